The molecule has 1 aliphatic carbocycles. The van der Waals surface area contributed by atoms with E-state index in [2.05, 4.69) is 16.5 Å². The van der Waals surface area contributed by atoms with Crippen LogP contribution in [0.2, 0.25) is 0 Å². The van der Waals surface area contributed by atoms with E-state index in [0.29, 0.717) is 6.04 Å². The lowest BCUT2D eigenvalue weighted by Gasteiger charge is -2.05. The van der Waals surface area contributed by atoms with Crippen LogP contribution in [0.1, 0.15) is 31.6 Å². The molecule has 0 aliphatic heterocycles. The molecule has 0 saturated heterocycles. The monoisotopic (exact) mass is 204 g/mol. The van der Waals surface area contributed by atoms with Crippen LogP contribution in [0.4, 0.5) is 4.39 Å². The molecule has 0 bridgehead atoms. The summed E-state index contributed by atoms with van der Waals surface area (Å²) in [7, 11) is 0. The molecule has 2 nitrogen and oxygen atoms in total. The van der Waals surface area contributed by atoms with Gasteiger partial charge in [-0.3, -0.25) is 0 Å². The molecule has 1 aliphatic rings. The van der Waals surface area contributed by atoms with Gasteiger partial charge in [0.1, 0.15) is 11.6 Å². The smallest absolute Gasteiger partial charge is 0.125 e. The number of benzene rings is 1. The van der Waals surface area contributed by atoms with Crippen LogP contribution in [0.25, 0.3) is 11.0 Å². The van der Waals surface area contributed by atoms with E-state index in [4.69, 9.17) is 0 Å². The Balaban J connectivity index is 2.30. The van der Waals surface area contributed by atoms with Gasteiger partial charge in [-0.15, -0.1) is 0 Å². The molecule has 1 aromatic carbocycles. The van der Waals surface area contributed by atoms with Crippen LogP contribution in [0.15, 0.2) is 18.2 Å². The molecule has 0 atom stereocenters. The number of rotatable bonds is 2. The maximum atomic E-state index is 13.2. The average Bonchev–Trinajstić information content (AvgIpc) is 2.99. The number of hydrogen-bond acceptors (Lipinski definition) is 1. The molecule has 15 heavy (non-hydrogen) atoms. The van der Waals surface area contributed by atoms with E-state index in [1.807, 2.05) is 0 Å². The Labute approximate surface area is 87.7 Å². The maximum Gasteiger partial charge on any atom is 0.125 e. The number of aryl methyl sites for hydroxylation is 1. The SMILES string of the molecule is CCc1nc2ccc(F)cc2n1C1CC1. The zero-order valence-electron chi connectivity index (χ0n) is 8.70. The number of aromatic nitrogens is 2. The van der Waals surface area contributed by atoms with Gasteiger partial charge in [0.15, 0.2) is 0 Å². The van der Waals surface area contributed by atoms with Gasteiger partial charge < -0.3 is 4.57 Å². The molecule has 1 fully saturated rings. The minimum absolute atomic E-state index is 0.174. The van der Waals surface area contributed by atoms with Crippen molar-refractivity contribution in [1.82, 2.24) is 9.55 Å². The fraction of sp³-hybridized carbons (Fsp3) is 0.417. The molecule has 3 heteroatoms. The van der Waals surface area contributed by atoms with Crippen molar-refractivity contribution in [2.45, 2.75) is 32.2 Å². The number of imidazole rings is 1. The van der Waals surface area contributed by atoms with Crippen molar-refractivity contribution in [3.63, 3.8) is 0 Å². The Morgan fingerprint density at radius 1 is 1.47 bits per heavy atom. The minimum Gasteiger partial charge on any atom is -0.325 e. The number of nitrogens with zero attached hydrogens (tertiary/aromatic N) is 2. The van der Waals surface area contributed by atoms with Gasteiger partial charge in [-0.25, -0.2) is 9.37 Å². The molecule has 0 unspecified atom stereocenters. The van der Waals surface area contributed by atoms with Gasteiger partial charge in [0.25, 0.3) is 0 Å². The van der Waals surface area contributed by atoms with E-state index < -0.39 is 0 Å². The maximum absolute atomic E-state index is 13.2. The largest absolute Gasteiger partial charge is 0.325 e. The molecule has 0 N–H and O–H groups in total. The van der Waals surface area contributed by atoms with Crippen molar-refractivity contribution in [1.29, 1.82) is 0 Å². The van der Waals surface area contributed by atoms with E-state index in [9.17, 15) is 4.39 Å². The first-order valence-electron chi connectivity index (χ1n) is 5.46. The lowest BCUT2D eigenvalue weighted by molar-refractivity contribution is 0.627. The lowest BCUT2D eigenvalue weighted by atomic mass is 10.3. The van der Waals surface area contributed by atoms with Gasteiger partial charge in [-0.1, -0.05) is 6.92 Å². The first kappa shape index (κ1) is 8.89. The van der Waals surface area contributed by atoms with Crippen LogP contribution in [-0.4, -0.2) is 9.55 Å². The standard InChI is InChI=1S/C12H13FN2/c1-2-12-14-10-6-3-8(13)7-11(10)15(12)9-4-5-9/h3,6-7,9H,2,4-5H2,1H3. The number of halogens is 1. The second-order valence-electron chi connectivity index (χ2n) is 4.12. The fourth-order valence-corrected chi connectivity index (χ4v) is 2.11. The summed E-state index contributed by atoms with van der Waals surface area (Å²) in [5.74, 6) is 0.907. The zero-order valence-corrected chi connectivity index (χ0v) is 8.70. The molecular formula is C12H13FN2. The fourth-order valence-electron chi connectivity index (χ4n) is 2.11. The molecule has 1 heterocycles. The summed E-state index contributed by atoms with van der Waals surface area (Å²) in [5, 5.41) is 0. The third-order valence-corrected chi connectivity index (χ3v) is 2.95. The van der Waals surface area contributed by atoms with Gasteiger partial charge in [0, 0.05) is 12.5 Å². The molecular weight excluding hydrogens is 191 g/mol. The second kappa shape index (κ2) is 3.05. The van der Waals surface area contributed by atoms with Crippen molar-refractivity contribution < 1.29 is 4.39 Å². The van der Waals surface area contributed by atoms with Crippen molar-refractivity contribution in [3.8, 4) is 0 Å². The molecule has 0 radical (unpaired) electrons. The van der Waals surface area contributed by atoms with Crippen LogP contribution in [0.5, 0.6) is 0 Å². The Morgan fingerprint density at radius 2 is 2.27 bits per heavy atom. The van der Waals surface area contributed by atoms with E-state index in [1.165, 1.54) is 18.9 Å². The highest BCUT2D eigenvalue weighted by Gasteiger charge is 2.27. The highest BCUT2D eigenvalue weighted by molar-refractivity contribution is 5.76. The van der Waals surface area contributed by atoms with E-state index in [0.717, 1.165) is 23.3 Å². The summed E-state index contributed by atoms with van der Waals surface area (Å²) in [6, 6.07) is 5.40. The quantitative estimate of drug-likeness (QED) is 0.735. The summed E-state index contributed by atoms with van der Waals surface area (Å²) in [4.78, 5) is 4.53. The van der Waals surface area contributed by atoms with Crippen LogP contribution in [0, 0.1) is 5.82 Å². The molecule has 2 aromatic rings. The normalized spacial score (nSPS) is 16.1. The van der Waals surface area contributed by atoms with Crippen molar-refractivity contribution in [3.05, 3.63) is 29.8 Å². The van der Waals surface area contributed by atoms with Crippen molar-refractivity contribution in [2.75, 3.05) is 0 Å². The molecule has 1 aromatic heterocycles. The third-order valence-electron chi connectivity index (χ3n) is 2.95. The average molecular weight is 204 g/mol. The van der Waals surface area contributed by atoms with Gasteiger partial charge in [-0.2, -0.15) is 0 Å². The van der Waals surface area contributed by atoms with Gasteiger partial charge >= 0.3 is 0 Å². The molecule has 0 spiro atoms. The summed E-state index contributed by atoms with van der Waals surface area (Å²) in [6.07, 6.45) is 3.32. The highest BCUT2D eigenvalue weighted by atomic mass is 19.1. The predicted octanol–water partition coefficient (Wildman–Crippen LogP) is 3.07. The van der Waals surface area contributed by atoms with Crippen LogP contribution < -0.4 is 0 Å². The third kappa shape index (κ3) is 1.34. The van der Waals surface area contributed by atoms with Crippen LogP contribution in [-0.2, 0) is 6.42 Å². The summed E-state index contributed by atoms with van der Waals surface area (Å²) < 4.78 is 15.4. The van der Waals surface area contributed by atoms with Gasteiger partial charge in [0.05, 0.1) is 11.0 Å². The highest BCUT2D eigenvalue weighted by Crippen LogP contribution is 2.38. The number of hydrogen-bond donors (Lipinski definition) is 0. The Bertz CT molecular complexity index is 512. The zero-order chi connectivity index (χ0) is 10.4. The summed E-state index contributed by atoms with van der Waals surface area (Å²) >= 11 is 0. The first-order chi connectivity index (χ1) is 7.29. The number of fused-ring (bicyclic) bond motifs is 1. The van der Waals surface area contributed by atoms with Crippen LogP contribution in [0.3, 0.4) is 0 Å². The summed E-state index contributed by atoms with van der Waals surface area (Å²) in [6.45, 7) is 2.09. The Morgan fingerprint density at radius 3 is 2.93 bits per heavy atom. The lowest BCUT2D eigenvalue weighted by Crippen LogP contribution is -1.99. The molecule has 3 rings (SSSR count). The topological polar surface area (TPSA) is 17.8 Å². The van der Waals surface area contributed by atoms with Gasteiger partial charge in [-0.05, 0) is 31.0 Å². The first-order valence-corrected chi connectivity index (χ1v) is 5.46. The predicted molar refractivity (Wildman–Crippen MR) is 57.3 cm³/mol. The Kier molecular flexibility index (Phi) is 1.81. The minimum atomic E-state index is -0.174. The molecule has 1 saturated carbocycles. The van der Waals surface area contributed by atoms with Crippen molar-refractivity contribution >= 4 is 11.0 Å². The van der Waals surface area contributed by atoms with E-state index in [-0.39, 0.29) is 5.82 Å². The van der Waals surface area contributed by atoms with E-state index in [1.54, 1.807) is 12.1 Å². The molecule has 78 valence electrons. The van der Waals surface area contributed by atoms with Crippen LogP contribution >= 0.6 is 0 Å². The Hall–Kier alpha value is -1.38. The van der Waals surface area contributed by atoms with Crippen molar-refractivity contribution in [2.24, 2.45) is 0 Å². The van der Waals surface area contributed by atoms with E-state index >= 15 is 0 Å². The summed E-state index contributed by atoms with van der Waals surface area (Å²) in [5.41, 5.74) is 1.87. The second-order valence-corrected chi connectivity index (χ2v) is 4.12. The van der Waals surface area contributed by atoms with Gasteiger partial charge in [0.2, 0.25) is 0 Å². The molecule has 0 amide bonds.